The summed E-state index contributed by atoms with van der Waals surface area (Å²) >= 11 is 0. The molecule has 0 saturated carbocycles. The van der Waals surface area contributed by atoms with Gasteiger partial charge in [-0.1, -0.05) is 30.3 Å². The van der Waals surface area contributed by atoms with E-state index in [0.717, 1.165) is 12.1 Å². The van der Waals surface area contributed by atoms with Gasteiger partial charge in [-0.25, -0.2) is 0 Å². The summed E-state index contributed by atoms with van der Waals surface area (Å²) < 4.78 is 5.25. The molecule has 1 aliphatic rings. The van der Waals surface area contributed by atoms with Gasteiger partial charge in [0.25, 0.3) is 0 Å². The number of hydrogen-bond acceptors (Lipinski definition) is 3. The Morgan fingerprint density at radius 1 is 1.40 bits per heavy atom. The van der Waals surface area contributed by atoms with Crippen LogP contribution in [0.2, 0.25) is 0 Å². The zero-order chi connectivity index (χ0) is 10.5. The molecule has 0 N–H and O–H groups in total. The van der Waals surface area contributed by atoms with E-state index >= 15 is 0 Å². The Morgan fingerprint density at radius 2 is 2.20 bits per heavy atom. The molecule has 1 fully saturated rings. The van der Waals surface area contributed by atoms with Gasteiger partial charge in [-0.3, -0.25) is 0 Å². The summed E-state index contributed by atoms with van der Waals surface area (Å²) in [4.78, 5) is 7.12. The Hall–Kier alpha value is -1.71. The monoisotopic (exact) mass is 206 g/mol. The highest BCUT2D eigenvalue weighted by atomic mass is 16.7. The Morgan fingerprint density at radius 3 is 2.87 bits per heavy atom. The quantitative estimate of drug-likeness (QED) is 0.702. The summed E-state index contributed by atoms with van der Waals surface area (Å²) in [5, 5.41) is 3.92. The van der Waals surface area contributed by atoms with E-state index in [0.29, 0.717) is 19.2 Å². The average Bonchev–Trinajstić information content (AvgIpc) is 2.66. The summed E-state index contributed by atoms with van der Waals surface area (Å²) in [5.41, 5.74) is 1.10. The van der Waals surface area contributed by atoms with Gasteiger partial charge in [0.15, 0.2) is 0 Å². The smallest absolute Gasteiger partial charge is 0.326 e. The maximum absolute atomic E-state index is 5.25. The van der Waals surface area contributed by atoms with Crippen molar-refractivity contribution in [3.63, 3.8) is 0 Å². The summed E-state index contributed by atoms with van der Waals surface area (Å²) in [6.45, 7) is 2.03. The summed E-state index contributed by atoms with van der Waals surface area (Å²) in [6, 6.07) is 10.5. The van der Waals surface area contributed by atoms with Gasteiger partial charge in [0.1, 0.15) is 13.2 Å². The van der Waals surface area contributed by atoms with Gasteiger partial charge in [0.2, 0.25) is 0 Å². The Labute approximate surface area is 89.1 Å². The Kier molecular flexibility index (Phi) is 3.07. The first kappa shape index (κ1) is 9.83. The molecule has 0 bridgehead atoms. The van der Waals surface area contributed by atoms with Crippen molar-refractivity contribution >= 4 is 6.02 Å². The number of amidine groups is 1. The molecule has 15 heavy (non-hydrogen) atoms. The van der Waals surface area contributed by atoms with Crippen LogP contribution in [0.4, 0.5) is 0 Å². The lowest BCUT2D eigenvalue weighted by molar-refractivity contribution is 0.118. The molecule has 0 radical (unpaired) electrons. The van der Waals surface area contributed by atoms with E-state index in [1.807, 2.05) is 42.3 Å². The minimum absolute atomic E-state index is 0.474. The van der Waals surface area contributed by atoms with Crippen LogP contribution in [-0.2, 0) is 16.2 Å². The molecule has 0 unspecified atom stereocenters. The van der Waals surface area contributed by atoms with E-state index in [-0.39, 0.29) is 0 Å². The molecule has 80 valence electrons. The van der Waals surface area contributed by atoms with E-state index < -0.39 is 0 Å². The molecule has 1 saturated heterocycles. The standard InChI is InChI=1S/C11H14N2O2/c1-13-7-8-14-11(13)12-15-9-10-5-3-2-4-6-10/h2-6H,7-9H2,1H3. The normalized spacial score (nSPS) is 17.9. The second kappa shape index (κ2) is 4.68. The maximum atomic E-state index is 5.25. The van der Waals surface area contributed by atoms with Gasteiger partial charge >= 0.3 is 6.02 Å². The third kappa shape index (κ3) is 2.62. The van der Waals surface area contributed by atoms with Gasteiger partial charge in [-0.2, -0.15) is 0 Å². The van der Waals surface area contributed by atoms with E-state index in [4.69, 9.17) is 9.57 Å². The van der Waals surface area contributed by atoms with Crippen molar-refractivity contribution in [1.29, 1.82) is 0 Å². The zero-order valence-electron chi connectivity index (χ0n) is 8.72. The minimum Gasteiger partial charge on any atom is -0.461 e. The van der Waals surface area contributed by atoms with Crippen LogP contribution in [0.1, 0.15) is 5.56 Å². The van der Waals surface area contributed by atoms with Crippen molar-refractivity contribution in [2.45, 2.75) is 6.61 Å². The topological polar surface area (TPSA) is 34.1 Å². The van der Waals surface area contributed by atoms with E-state index in [2.05, 4.69) is 5.16 Å². The van der Waals surface area contributed by atoms with Crippen LogP contribution >= 0.6 is 0 Å². The third-order valence-electron chi connectivity index (χ3n) is 2.20. The van der Waals surface area contributed by atoms with Crippen LogP contribution in [0.25, 0.3) is 0 Å². The van der Waals surface area contributed by atoms with Gasteiger partial charge < -0.3 is 14.5 Å². The van der Waals surface area contributed by atoms with Gasteiger partial charge in [-0.05, 0) is 10.7 Å². The molecular formula is C11H14N2O2. The van der Waals surface area contributed by atoms with Crippen LogP contribution in [0, 0.1) is 0 Å². The van der Waals surface area contributed by atoms with E-state index in [9.17, 15) is 0 Å². The molecule has 1 heterocycles. The number of rotatable bonds is 3. The van der Waals surface area contributed by atoms with Gasteiger partial charge in [0.05, 0.1) is 6.54 Å². The zero-order valence-corrected chi connectivity index (χ0v) is 8.72. The molecule has 1 aromatic rings. The largest absolute Gasteiger partial charge is 0.461 e. The van der Waals surface area contributed by atoms with Crippen molar-refractivity contribution in [3.8, 4) is 0 Å². The van der Waals surface area contributed by atoms with Crippen molar-refractivity contribution < 1.29 is 9.57 Å². The molecule has 0 atom stereocenters. The first-order valence-electron chi connectivity index (χ1n) is 4.94. The summed E-state index contributed by atoms with van der Waals surface area (Å²) in [5.74, 6) is 0. The number of nitrogens with zero attached hydrogens (tertiary/aromatic N) is 2. The Bertz CT molecular complexity index is 338. The predicted molar refractivity (Wildman–Crippen MR) is 57.2 cm³/mol. The molecule has 0 aliphatic carbocycles. The number of likely N-dealkylation sites (N-methyl/N-ethyl adjacent to an activating group) is 1. The highest BCUT2D eigenvalue weighted by Gasteiger charge is 2.15. The molecule has 2 rings (SSSR count). The maximum Gasteiger partial charge on any atom is 0.326 e. The average molecular weight is 206 g/mol. The SMILES string of the molecule is CN1CCOC1=NOCc1ccccc1. The number of oxime groups is 1. The lowest BCUT2D eigenvalue weighted by atomic mass is 10.2. The lowest BCUT2D eigenvalue weighted by Gasteiger charge is -2.07. The fourth-order valence-corrected chi connectivity index (χ4v) is 1.31. The molecule has 4 heteroatoms. The van der Waals surface area contributed by atoms with Gasteiger partial charge in [0, 0.05) is 7.05 Å². The Balaban J connectivity index is 1.84. The fraction of sp³-hybridized carbons (Fsp3) is 0.364. The second-order valence-electron chi connectivity index (χ2n) is 3.40. The van der Waals surface area contributed by atoms with Crippen LogP contribution < -0.4 is 0 Å². The molecule has 1 aromatic carbocycles. The van der Waals surface area contributed by atoms with E-state index in [1.165, 1.54) is 0 Å². The molecular weight excluding hydrogens is 192 g/mol. The molecule has 1 aliphatic heterocycles. The molecule has 0 aromatic heterocycles. The highest BCUT2D eigenvalue weighted by molar-refractivity contribution is 5.74. The third-order valence-corrected chi connectivity index (χ3v) is 2.20. The van der Waals surface area contributed by atoms with Crippen molar-refractivity contribution in [2.75, 3.05) is 20.2 Å². The van der Waals surface area contributed by atoms with Crippen molar-refractivity contribution in [3.05, 3.63) is 35.9 Å². The summed E-state index contributed by atoms with van der Waals surface area (Å²) in [6.07, 6.45) is 0. The van der Waals surface area contributed by atoms with E-state index in [1.54, 1.807) is 0 Å². The second-order valence-corrected chi connectivity index (χ2v) is 3.40. The highest BCUT2D eigenvalue weighted by Crippen LogP contribution is 2.04. The number of benzene rings is 1. The lowest BCUT2D eigenvalue weighted by Crippen LogP contribution is -2.20. The molecule has 4 nitrogen and oxygen atoms in total. The van der Waals surface area contributed by atoms with Crippen molar-refractivity contribution in [1.82, 2.24) is 4.90 Å². The first-order chi connectivity index (χ1) is 7.36. The summed E-state index contributed by atoms with van der Waals surface area (Å²) in [7, 11) is 1.93. The van der Waals surface area contributed by atoms with Crippen LogP contribution in [-0.4, -0.2) is 31.1 Å². The fourth-order valence-electron chi connectivity index (χ4n) is 1.31. The minimum atomic E-state index is 0.474. The predicted octanol–water partition coefficient (Wildman–Crippen LogP) is 1.44. The van der Waals surface area contributed by atoms with Crippen molar-refractivity contribution in [2.24, 2.45) is 5.16 Å². The number of hydrogen-bond donors (Lipinski definition) is 0. The van der Waals surface area contributed by atoms with Crippen LogP contribution in [0.5, 0.6) is 0 Å². The number of ether oxygens (including phenoxy) is 1. The molecule has 0 amide bonds. The molecule has 0 spiro atoms. The van der Waals surface area contributed by atoms with Crippen LogP contribution in [0.3, 0.4) is 0 Å². The van der Waals surface area contributed by atoms with Crippen LogP contribution in [0.15, 0.2) is 35.5 Å². The first-order valence-corrected chi connectivity index (χ1v) is 4.94. The van der Waals surface area contributed by atoms with Gasteiger partial charge in [-0.15, -0.1) is 0 Å².